The van der Waals surface area contributed by atoms with Gasteiger partial charge in [0.1, 0.15) is 0 Å². The van der Waals surface area contributed by atoms with Crippen LogP contribution in [0.3, 0.4) is 0 Å². The lowest BCUT2D eigenvalue weighted by molar-refractivity contribution is -0.482. The first-order valence-electron chi connectivity index (χ1n) is 3.97. The van der Waals surface area contributed by atoms with Crippen molar-refractivity contribution in [1.29, 1.82) is 0 Å². The number of halogens is 1. The molecule has 0 heterocycles. The quantitative estimate of drug-likeness (QED) is 0.555. The maximum absolute atomic E-state index is 10.2. The van der Waals surface area contributed by atoms with E-state index in [1.807, 2.05) is 19.1 Å². The lowest BCUT2D eigenvalue weighted by Gasteiger charge is -2.06. The van der Waals surface area contributed by atoms with Gasteiger partial charge < -0.3 is 0 Å². The van der Waals surface area contributed by atoms with Crippen molar-refractivity contribution < 1.29 is 4.92 Å². The summed E-state index contributed by atoms with van der Waals surface area (Å²) in [5, 5.41) is 10.9. The van der Waals surface area contributed by atoms with Gasteiger partial charge in [-0.1, -0.05) is 30.7 Å². The van der Waals surface area contributed by atoms with E-state index in [9.17, 15) is 10.1 Å². The minimum atomic E-state index is -0.306. The van der Waals surface area contributed by atoms with E-state index < -0.39 is 0 Å². The Hall–Kier alpha value is -1.09. The summed E-state index contributed by atoms with van der Waals surface area (Å²) in [5.41, 5.74) is 0.945. The largest absolute Gasteiger partial charge is 0.265 e. The van der Waals surface area contributed by atoms with Gasteiger partial charge in [-0.25, -0.2) is 0 Å². The van der Waals surface area contributed by atoms with Crippen molar-refractivity contribution in [2.24, 2.45) is 0 Å². The Morgan fingerprint density at radius 3 is 2.46 bits per heavy atom. The molecular formula is C9H10ClNO2. The molecule has 13 heavy (non-hydrogen) atoms. The smallest absolute Gasteiger partial charge is 0.210 e. The van der Waals surface area contributed by atoms with E-state index in [4.69, 9.17) is 11.6 Å². The molecule has 1 rings (SSSR count). The molecule has 70 valence electrons. The molecule has 4 heteroatoms. The molecule has 0 amide bonds. The van der Waals surface area contributed by atoms with Crippen molar-refractivity contribution in [3.05, 3.63) is 45.0 Å². The molecule has 0 aliphatic carbocycles. The molecule has 1 atom stereocenters. The Morgan fingerprint density at radius 2 is 2.00 bits per heavy atom. The highest BCUT2D eigenvalue weighted by Gasteiger charge is 2.11. The van der Waals surface area contributed by atoms with E-state index in [0.717, 1.165) is 5.56 Å². The molecule has 0 spiro atoms. The second-order valence-corrected chi connectivity index (χ2v) is 3.40. The van der Waals surface area contributed by atoms with Crippen LogP contribution in [0, 0.1) is 10.1 Å². The zero-order valence-corrected chi connectivity index (χ0v) is 7.99. The fourth-order valence-corrected chi connectivity index (χ4v) is 1.25. The second-order valence-electron chi connectivity index (χ2n) is 2.97. The van der Waals surface area contributed by atoms with Crippen LogP contribution in [-0.4, -0.2) is 11.5 Å². The number of nitro groups is 1. The molecule has 3 nitrogen and oxygen atoms in total. The highest BCUT2D eigenvalue weighted by atomic mass is 35.5. The second kappa shape index (κ2) is 4.23. The Kier molecular flexibility index (Phi) is 3.25. The SMILES string of the molecule is CC(C[N+](=O)[O-])c1ccc(Cl)cc1. The molecule has 0 aliphatic rings. The van der Waals surface area contributed by atoms with Gasteiger partial charge in [-0.05, 0) is 17.7 Å². The third-order valence-electron chi connectivity index (χ3n) is 1.86. The lowest BCUT2D eigenvalue weighted by atomic mass is 10.0. The van der Waals surface area contributed by atoms with Gasteiger partial charge in [0.25, 0.3) is 0 Å². The fourth-order valence-electron chi connectivity index (χ4n) is 1.12. The molecule has 1 aromatic carbocycles. The van der Waals surface area contributed by atoms with Crippen LogP contribution in [0.15, 0.2) is 24.3 Å². The molecule has 0 aliphatic heterocycles. The van der Waals surface area contributed by atoms with Crippen molar-refractivity contribution in [3.8, 4) is 0 Å². The van der Waals surface area contributed by atoms with Gasteiger partial charge in [0.05, 0.1) is 0 Å². The van der Waals surface area contributed by atoms with Gasteiger partial charge >= 0.3 is 0 Å². The first-order valence-corrected chi connectivity index (χ1v) is 4.34. The van der Waals surface area contributed by atoms with Crippen molar-refractivity contribution in [2.45, 2.75) is 12.8 Å². The van der Waals surface area contributed by atoms with Crippen molar-refractivity contribution in [3.63, 3.8) is 0 Å². The van der Waals surface area contributed by atoms with E-state index in [1.54, 1.807) is 12.1 Å². The fraction of sp³-hybridized carbons (Fsp3) is 0.333. The van der Waals surface area contributed by atoms with Crippen LogP contribution in [0.5, 0.6) is 0 Å². The van der Waals surface area contributed by atoms with Crippen LogP contribution in [0.1, 0.15) is 18.4 Å². The lowest BCUT2D eigenvalue weighted by Crippen LogP contribution is -2.09. The van der Waals surface area contributed by atoms with E-state index in [1.165, 1.54) is 0 Å². The number of hydrogen-bond donors (Lipinski definition) is 0. The van der Waals surface area contributed by atoms with Gasteiger partial charge in [0.2, 0.25) is 6.54 Å². The highest BCUT2D eigenvalue weighted by molar-refractivity contribution is 6.30. The summed E-state index contributed by atoms with van der Waals surface area (Å²) in [4.78, 5) is 9.92. The van der Waals surface area contributed by atoms with Gasteiger partial charge in [0, 0.05) is 15.9 Å². The van der Waals surface area contributed by atoms with E-state index in [2.05, 4.69) is 0 Å². The average Bonchev–Trinajstić information content (AvgIpc) is 2.04. The molecule has 0 saturated heterocycles. The van der Waals surface area contributed by atoms with Crippen molar-refractivity contribution >= 4 is 11.6 Å². The average molecular weight is 200 g/mol. The maximum atomic E-state index is 10.2. The number of nitrogens with zero attached hydrogens (tertiary/aromatic N) is 1. The highest BCUT2D eigenvalue weighted by Crippen LogP contribution is 2.17. The summed E-state index contributed by atoms with van der Waals surface area (Å²) in [6.07, 6.45) is 0. The zero-order valence-electron chi connectivity index (χ0n) is 7.24. The Labute approximate surface area is 81.5 Å². The Balaban J connectivity index is 2.71. The molecular weight excluding hydrogens is 190 g/mol. The van der Waals surface area contributed by atoms with E-state index in [0.29, 0.717) is 5.02 Å². The Bertz CT molecular complexity index is 297. The summed E-state index contributed by atoms with van der Waals surface area (Å²) in [6, 6.07) is 7.12. The van der Waals surface area contributed by atoms with Crippen LogP contribution < -0.4 is 0 Å². The van der Waals surface area contributed by atoms with Crippen LogP contribution in [0.25, 0.3) is 0 Å². The van der Waals surface area contributed by atoms with Crippen LogP contribution in [0.2, 0.25) is 5.02 Å². The summed E-state index contributed by atoms with van der Waals surface area (Å²) >= 11 is 5.69. The van der Waals surface area contributed by atoms with Crippen molar-refractivity contribution in [1.82, 2.24) is 0 Å². The number of hydrogen-bond acceptors (Lipinski definition) is 2. The molecule has 0 bridgehead atoms. The van der Waals surface area contributed by atoms with Crippen LogP contribution in [-0.2, 0) is 0 Å². The van der Waals surface area contributed by atoms with E-state index in [-0.39, 0.29) is 17.4 Å². The first kappa shape index (κ1) is 9.99. The number of rotatable bonds is 3. The standard InChI is InChI=1S/C9H10ClNO2/c1-7(6-11(12)13)8-2-4-9(10)5-3-8/h2-5,7H,6H2,1H3. The molecule has 1 aromatic rings. The third-order valence-corrected chi connectivity index (χ3v) is 2.11. The summed E-state index contributed by atoms with van der Waals surface area (Å²) in [6.45, 7) is 1.79. The maximum Gasteiger partial charge on any atom is 0.210 e. The number of benzene rings is 1. The van der Waals surface area contributed by atoms with Gasteiger partial charge in [-0.2, -0.15) is 0 Å². The monoisotopic (exact) mass is 199 g/mol. The van der Waals surface area contributed by atoms with Gasteiger partial charge in [-0.3, -0.25) is 10.1 Å². The molecule has 1 unspecified atom stereocenters. The van der Waals surface area contributed by atoms with E-state index >= 15 is 0 Å². The third kappa shape index (κ3) is 3.03. The molecule has 0 radical (unpaired) electrons. The molecule has 0 fully saturated rings. The minimum absolute atomic E-state index is 0.0400. The van der Waals surface area contributed by atoms with Gasteiger partial charge in [0.15, 0.2) is 0 Å². The van der Waals surface area contributed by atoms with Crippen LogP contribution >= 0.6 is 11.6 Å². The summed E-state index contributed by atoms with van der Waals surface area (Å²) < 4.78 is 0. The topological polar surface area (TPSA) is 43.1 Å². The Morgan fingerprint density at radius 1 is 1.46 bits per heavy atom. The minimum Gasteiger partial charge on any atom is -0.265 e. The van der Waals surface area contributed by atoms with Gasteiger partial charge in [-0.15, -0.1) is 0 Å². The predicted molar refractivity (Wildman–Crippen MR) is 51.7 cm³/mol. The zero-order chi connectivity index (χ0) is 9.84. The van der Waals surface area contributed by atoms with Crippen molar-refractivity contribution in [2.75, 3.05) is 6.54 Å². The molecule has 0 aromatic heterocycles. The van der Waals surface area contributed by atoms with Crippen LogP contribution in [0.4, 0.5) is 0 Å². The summed E-state index contributed by atoms with van der Waals surface area (Å²) in [7, 11) is 0. The molecule has 0 N–H and O–H groups in total. The normalized spacial score (nSPS) is 12.5. The first-order chi connectivity index (χ1) is 6.09. The molecule has 0 saturated carbocycles. The summed E-state index contributed by atoms with van der Waals surface area (Å²) in [5.74, 6) is -0.0627. The predicted octanol–water partition coefficient (Wildman–Crippen LogP) is 2.72.